The predicted octanol–water partition coefficient (Wildman–Crippen LogP) is 2.72. The zero-order valence-corrected chi connectivity index (χ0v) is 20.4. The summed E-state index contributed by atoms with van der Waals surface area (Å²) in [5.74, 6) is -0.153. The van der Waals surface area contributed by atoms with Crippen LogP contribution in [0.3, 0.4) is 0 Å². The first kappa shape index (κ1) is 24.4. The minimum absolute atomic E-state index is 0.0852. The number of carbonyl (C=O) groups is 2. The van der Waals surface area contributed by atoms with Crippen LogP contribution in [0.2, 0.25) is 0 Å². The highest BCUT2D eigenvalue weighted by Crippen LogP contribution is 2.33. The number of allylic oxidation sites excluding steroid dienone is 2. The van der Waals surface area contributed by atoms with E-state index in [0.29, 0.717) is 45.0 Å². The zero-order valence-electron chi connectivity index (χ0n) is 20.4. The van der Waals surface area contributed by atoms with Crippen molar-refractivity contribution in [2.24, 2.45) is 12.8 Å². The largest absolute Gasteiger partial charge is 0.496 e. The molecule has 0 saturated heterocycles. The van der Waals surface area contributed by atoms with E-state index in [4.69, 9.17) is 10.5 Å². The minimum atomic E-state index is -0.606. The second kappa shape index (κ2) is 9.87. The second-order valence-corrected chi connectivity index (χ2v) is 8.32. The van der Waals surface area contributed by atoms with E-state index in [1.165, 1.54) is 24.7 Å². The van der Waals surface area contributed by atoms with Gasteiger partial charge >= 0.3 is 0 Å². The van der Waals surface area contributed by atoms with E-state index in [2.05, 4.69) is 15.4 Å². The maximum Gasteiger partial charge on any atom is 0.264 e. The highest BCUT2D eigenvalue weighted by Gasteiger charge is 2.21. The lowest BCUT2D eigenvalue weighted by molar-refractivity contribution is -0.111. The number of nitrogens with one attached hydrogen (secondary N) is 1. The number of aromatic nitrogens is 4. The van der Waals surface area contributed by atoms with Gasteiger partial charge in [-0.1, -0.05) is 6.07 Å². The zero-order chi connectivity index (χ0) is 26.0. The van der Waals surface area contributed by atoms with Crippen molar-refractivity contribution in [1.82, 2.24) is 19.3 Å². The lowest BCUT2D eigenvalue weighted by atomic mass is 9.97. The van der Waals surface area contributed by atoms with Crippen molar-refractivity contribution >= 4 is 34.0 Å². The van der Waals surface area contributed by atoms with Gasteiger partial charge in [0.15, 0.2) is 11.6 Å². The SMILES string of the molecule is COc1cc2c(cc1C(C(C)=O)=C(C)N)cc(C(=O)Nc1ccn(C)n1)c(=O)n2Cc1ccccn1. The van der Waals surface area contributed by atoms with Crippen LogP contribution in [-0.2, 0) is 18.4 Å². The summed E-state index contributed by atoms with van der Waals surface area (Å²) in [6.45, 7) is 3.17. The number of amides is 1. The molecule has 3 heterocycles. The Labute approximate surface area is 207 Å². The Balaban J connectivity index is 1.97. The van der Waals surface area contributed by atoms with Gasteiger partial charge in [-0.15, -0.1) is 0 Å². The van der Waals surface area contributed by atoms with Gasteiger partial charge in [-0.25, -0.2) is 0 Å². The van der Waals surface area contributed by atoms with E-state index in [9.17, 15) is 14.4 Å². The number of hydrogen-bond acceptors (Lipinski definition) is 7. The van der Waals surface area contributed by atoms with Crippen molar-refractivity contribution in [3.05, 3.63) is 87.7 Å². The Hall–Kier alpha value is -4.73. The fourth-order valence-electron chi connectivity index (χ4n) is 4.09. The molecule has 3 aromatic heterocycles. The van der Waals surface area contributed by atoms with Crippen molar-refractivity contribution in [3.63, 3.8) is 0 Å². The minimum Gasteiger partial charge on any atom is -0.496 e. The molecule has 0 aliphatic carbocycles. The van der Waals surface area contributed by atoms with Crippen LogP contribution in [0.15, 0.2) is 65.3 Å². The van der Waals surface area contributed by atoms with Crippen molar-refractivity contribution in [1.29, 1.82) is 0 Å². The third-order valence-corrected chi connectivity index (χ3v) is 5.68. The number of methoxy groups -OCH3 is 1. The van der Waals surface area contributed by atoms with Crippen LogP contribution in [0.25, 0.3) is 16.5 Å². The monoisotopic (exact) mass is 486 g/mol. The normalized spacial score (nSPS) is 11.8. The molecule has 0 aliphatic heterocycles. The number of hydrogen-bond donors (Lipinski definition) is 2. The molecule has 184 valence electrons. The molecular formula is C26H26N6O4. The van der Waals surface area contributed by atoms with Crippen molar-refractivity contribution < 1.29 is 14.3 Å². The number of Topliss-reactive ketones (excluding diaryl/α,β-unsaturated/α-hetero) is 1. The summed E-state index contributed by atoms with van der Waals surface area (Å²) in [5, 5.41) is 7.36. The molecule has 1 amide bonds. The van der Waals surface area contributed by atoms with Crippen molar-refractivity contribution in [2.75, 3.05) is 12.4 Å². The van der Waals surface area contributed by atoms with Gasteiger partial charge in [0.1, 0.15) is 11.3 Å². The second-order valence-electron chi connectivity index (χ2n) is 8.32. The number of nitrogens with zero attached hydrogens (tertiary/aromatic N) is 4. The molecule has 10 nitrogen and oxygen atoms in total. The maximum atomic E-state index is 13.6. The molecule has 0 atom stereocenters. The molecule has 4 aromatic rings. The molecule has 0 unspecified atom stereocenters. The van der Waals surface area contributed by atoms with Gasteiger partial charge in [-0.2, -0.15) is 5.10 Å². The van der Waals surface area contributed by atoms with Crippen LogP contribution in [0, 0.1) is 0 Å². The summed E-state index contributed by atoms with van der Waals surface area (Å²) < 4.78 is 8.58. The predicted molar refractivity (Wildman–Crippen MR) is 137 cm³/mol. The molecular weight excluding hydrogens is 460 g/mol. The lowest BCUT2D eigenvalue weighted by Crippen LogP contribution is -2.30. The first-order valence-corrected chi connectivity index (χ1v) is 11.1. The van der Waals surface area contributed by atoms with Gasteiger partial charge in [0, 0.05) is 53.8 Å². The third-order valence-electron chi connectivity index (χ3n) is 5.68. The Bertz CT molecular complexity index is 1560. The molecule has 36 heavy (non-hydrogen) atoms. The van der Waals surface area contributed by atoms with Crippen LogP contribution in [0.1, 0.15) is 35.5 Å². The van der Waals surface area contributed by atoms with Crippen LogP contribution >= 0.6 is 0 Å². The van der Waals surface area contributed by atoms with E-state index in [1.54, 1.807) is 61.4 Å². The molecule has 10 heteroatoms. The first-order valence-electron chi connectivity index (χ1n) is 11.1. The maximum absolute atomic E-state index is 13.6. The topological polar surface area (TPSA) is 134 Å². The van der Waals surface area contributed by atoms with Crippen LogP contribution in [0.4, 0.5) is 5.82 Å². The number of anilines is 1. The molecule has 0 saturated carbocycles. The van der Waals surface area contributed by atoms with Gasteiger partial charge in [-0.3, -0.25) is 24.0 Å². The highest BCUT2D eigenvalue weighted by molar-refractivity contribution is 6.21. The van der Waals surface area contributed by atoms with Crippen LogP contribution < -0.4 is 21.3 Å². The van der Waals surface area contributed by atoms with E-state index >= 15 is 0 Å². The van der Waals surface area contributed by atoms with Crippen LogP contribution in [-0.4, -0.2) is 38.1 Å². The number of pyridine rings is 2. The standard InChI is InChI=1S/C26H26N6O4/c1-15(27)24(16(2)33)19-11-17-12-20(25(34)29-23-8-10-31(3)30-23)26(35)32(21(17)13-22(19)36-4)14-18-7-5-6-9-28-18/h5-13H,14,27H2,1-4H3,(H,29,30,34). The Kier molecular flexibility index (Phi) is 6.69. The van der Waals surface area contributed by atoms with E-state index in [0.717, 1.165) is 0 Å². The number of ether oxygens (including phenoxy) is 1. The van der Waals surface area contributed by atoms with Gasteiger partial charge in [-0.05, 0) is 38.1 Å². The number of carbonyl (C=O) groups excluding carboxylic acids is 2. The number of ketones is 1. The smallest absolute Gasteiger partial charge is 0.264 e. The average Bonchev–Trinajstić information content (AvgIpc) is 3.24. The summed E-state index contributed by atoms with van der Waals surface area (Å²) in [5.41, 5.74) is 7.68. The fourth-order valence-corrected chi connectivity index (χ4v) is 4.09. The average molecular weight is 487 g/mol. The summed E-state index contributed by atoms with van der Waals surface area (Å²) in [6, 6.07) is 11.9. The number of benzene rings is 1. The number of aryl methyl sites for hydroxylation is 1. The van der Waals surface area contributed by atoms with Gasteiger partial charge < -0.3 is 20.4 Å². The van der Waals surface area contributed by atoms with E-state index < -0.39 is 11.5 Å². The molecule has 0 aliphatic rings. The van der Waals surface area contributed by atoms with Crippen molar-refractivity contribution in [2.45, 2.75) is 20.4 Å². The summed E-state index contributed by atoms with van der Waals surface area (Å²) in [6.07, 6.45) is 3.31. The van der Waals surface area contributed by atoms with E-state index in [-0.39, 0.29) is 17.9 Å². The molecule has 0 bridgehead atoms. The molecule has 0 fully saturated rings. The Morgan fingerprint density at radius 3 is 2.44 bits per heavy atom. The molecule has 4 rings (SSSR count). The summed E-state index contributed by atoms with van der Waals surface area (Å²) in [7, 11) is 3.20. The lowest BCUT2D eigenvalue weighted by Gasteiger charge is -2.17. The molecule has 0 spiro atoms. The first-order chi connectivity index (χ1) is 17.2. The number of fused-ring (bicyclic) bond motifs is 1. The summed E-state index contributed by atoms with van der Waals surface area (Å²) >= 11 is 0. The van der Waals surface area contributed by atoms with Gasteiger partial charge in [0.2, 0.25) is 0 Å². The Morgan fingerprint density at radius 2 is 1.86 bits per heavy atom. The van der Waals surface area contributed by atoms with Crippen LogP contribution in [0.5, 0.6) is 5.75 Å². The fraction of sp³-hybridized carbons (Fsp3) is 0.192. The third kappa shape index (κ3) is 4.74. The summed E-state index contributed by atoms with van der Waals surface area (Å²) in [4.78, 5) is 43.5. The Morgan fingerprint density at radius 1 is 1.11 bits per heavy atom. The number of nitrogens with two attached hydrogens (primary N) is 1. The van der Waals surface area contributed by atoms with Crippen molar-refractivity contribution in [3.8, 4) is 5.75 Å². The quantitative estimate of drug-likeness (QED) is 0.384. The molecule has 0 radical (unpaired) electrons. The van der Waals surface area contributed by atoms with Gasteiger partial charge in [0.25, 0.3) is 11.5 Å². The molecule has 3 N–H and O–H groups in total. The van der Waals surface area contributed by atoms with E-state index in [1.807, 2.05) is 6.07 Å². The highest BCUT2D eigenvalue weighted by atomic mass is 16.5. The van der Waals surface area contributed by atoms with Gasteiger partial charge in [0.05, 0.1) is 24.9 Å². The number of rotatable bonds is 7. The molecule has 1 aromatic carbocycles.